The number of hydrogen-bond acceptors (Lipinski definition) is 5. The van der Waals surface area contributed by atoms with Crippen LogP contribution in [0.3, 0.4) is 0 Å². The second-order valence-electron chi connectivity index (χ2n) is 8.35. The molecule has 3 heterocycles. The van der Waals surface area contributed by atoms with E-state index in [-0.39, 0.29) is 18.0 Å². The number of amides is 1. The van der Waals surface area contributed by atoms with Gasteiger partial charge >= 0.3 is 5.97 Å². The van der Waals surface area contributed by atoms with E-state index >= 15 is 0 Å². The maximum atomic E-state index is 12.9. The fourth-order valence-electron chi connectivity index (χ4n) is 4.80. The maximum absolute atomic E-state index is 12.9. The zero-order valence-corrected chi connectivity index (χ0v) is 17.0. The minimum atomic E-state index is -0.535. The molecule has 0 aliphatic carbocycles. The van der Waals surface area contributed by atoms with Crippen molar-refractivity contribution in [2.45, 2.75) is 31.9 Å². The maximum Gasteiger partial charge on any atom is 0.312 e. The molecule has 0 bridgehead atoms. The smallest absolute Gasteiger partial charge is 0.312 e. The lowest BCUT2D eigenvalue weighted by Crippen LogP contribution is -2.45. The molecule has 3 aromatic rings. The molecule has 0 radical (unpaired) electrons. The van der Waals surface area contributed by atoms with Crippen LogP contribution in [0.2, 0.25) is 0 Å². The predicted octanol–water partition coefficient (Wildman–Crippen LogP) is 3.15. The Balaban J connectivity index is 1.26. The summed E-state index contributed by atoms with van der Waals surface area (Å²) < 4.78 is 7.79. The summed E-state index contributed by atoms with van der Waals surface area (Å²) in [7, 11) is 0. The number of imidazole rings is 1. The van der Waals surface area contributed by atoms with E-state index in [1.165, 1.54) is 0 Å². The summed E-state index contributed by atoms with van der Waals surface area (Å²) in [5, 5.41) is 9.28. The first kappa shape index (κ1) is 19.3. The highest BCUT2D eigenvalue weighted by Gasteiger charge is 2.51. The van der Waals surface area contributed by atoms with Gasteiger partial charge in [0, 0.05) is 19.5 Å². The summed E-state index contributed by atoms with van der Waals surface area (Å²) >= 11 is 0. The predicted molar refractivity (Wildman–Crippen MR) is 113 cm³/mol. The second-order valence-corrected chi connectivity index (χ2v) is 8.35. The number of carbonyl (C=O) groups is 2. The van der Waals surface area contributed by atoms with Gasteiger partial charge < -0.3 is 14.2 Å². The summed E-state index contributed by atoms with van der Waals surface area (Å²) in [6, 6.07) is 16.8. The molecule has 1 unspecified atom stereocenters. The Morgan fingerprint density at radius 3 is 2.71 bits per heavy atom. The number of carbonyl (C=O) groups excluding carboxylic acids is 2. The van der Waals surface area contributed by atoms with Crippen LogP contribution < -0.4 is 0 Å². The summed E-state index contributed by atoms with van der Waals surface area (Å²) in [5.74, 6) is -0.314. The molecule has 7 nitrogen and oxygen atoms in total. The van der Waals surface area contributed by atoms with Gasteiger partial charge in [0.05, 0.1) is 46.5 Å². The van der Waals surface area contributed by atoms with Crippen LogP contribution in [0.1, 0.15) is 35.2 Å². The van der Waals surface area contributed by atoms with Gasteiger partial charge in [-0.05, 0) is 37.1 Å². The average Bonchev–Trinajstić information content (AvgIpc) is 3.34. The number of benzene rings is 2. The van der Waals surface area contributed by atoms with E-state index < -0.39 is 5.41 Å². The summed E-state index contributed by atoms with van der Waals surface area (Å²) in [6.45, 7) is 1.54. The Labute approximate surface area is 179 Å². The third kappa shape index (κ3) is 3.34. The quantitative estimate of drug-likeness (QED) is 0.615. The van der Waals surface area contributed by atoms with Crippen LogP contribution >= 0.6 is 0 Å². The zero-order chi connectivity index (χ0) is 21.4. The molecule has 2 aliphatic rings. The highest BCUT2D eigenvalue weighted by Crippen LogP contribution is 2.43. The number of cyclic esters (lactones) is 1. The third-order valence-electron chi connectivity index (χ3n) is 6.54. The molecule has 1 aromatic heterocycles. The molecule has 2 aliphatic heterocycles. The zero-order valence-electron chi connectivity index (χ0n) is 17.0. The Bertz CT molecular complexity index is 1200. The monoisotopic (exact) mass is 414 g/mol. The minimum Gasteiger partial charge on any atom is -0.460 e. The van der Waals surface area contributed by atoms with Crippen LogP contribution in [0.4, 0.5) is 0 Å². The SMILES string of the molecule is N#Cc1ccccc1C(=O)N1CCC2(CC1)CC(Cn1cnc3ccccc31)OC2=O. The van der Waals surface area contributed by atoms with Gasteiger partial charge in [-0.25, -0.2) is 4.98 Å². The van der Waals surface area contributed by atoms with E-state index in [1.807, 2.05) is 28.8 Å². The number of hydrogen-bond donors (Lipinski definition) is 0. The van der Waals surface area contributed by atoms with E-state index in [1.54, 1.807) is 35.5 Å². The van der Waals surface area contributed by atoms with E-state index in [0.29, 0.717) is 50.0 Å². The standard InChI is InChI=1S/C24H22N4O3/c25-14-17-5-1-2-6-19(17)22(29)27-11-9-24(10-12-27)13-18(31-23(24)30)15-28-16-26-20-7-3-4-8-21(20)28/h1-8,16,18H,9-13,15H2. The molecule has 7 heteroatoms. The lowest BCUT2D eigenvalue weighted by molar-refractivity contribution is -0.150. The average molecular weight is 414 g/mol. The Hall–Kier alpha value is -3.66. The van der Waals surface area contributed by atoms with Gasteiger partial charge in [-0.1, -0.05) is 24.3 Å². The van der Waals surface area contributed by atoms with Gasteiger partial charge in [0.25, 0.3) is 5.91 Å². The van der Waals surface area contributed by atoms with E-state index in [0.717, 1.165) is 11.0 Å². The molecule has 156 valence electrons. The molecule has 1 spiro atoms. The second kappa shape index (κ2) is 7.55. The van der Waals surface area contributed by atoms with Crippen molar-refractivity contribution in [1.29, 1.82) is 5.26 Å². The molecule has 0 N–H and O–H groups in total. The summed E-state index contributed by atoms with van der Waals surface area (Å²) in [4.78, 5) is 31.9. The van der Waals surface area contributed by atoms with E-state index in [9.17, 15) is 14.9 Å². The number of likely N-dealkylation sites (tertiary alicyclic amines) is 1. The van der Waals surface area contributed by atoms with Crippen molar-refractivity contribution in [1.82, 2.24) is 14.5 Å². The number of rotatable bonds is 3. The van der Waals surface area contributed by atoms with Crippen molar-refractivity contribution in [3.05, 3.63) is 66.0 Å². The number of piperidine rings is 1. The van der Waals surface area contributed by atoms with Crippen LogP contribution in [0, 0.1) is 16.7 Å². The highest BCUT2D eigenvalue weighted by molar-refractivity contribution is 5.96. The first-order valence-electron chi connectivity index (χ1n) is 10.5. The molecule has 1 atom stereocenters. The van der Waals surface area contributed by atoms with Crippen LogP contribution in [0.5, 0.6) is 0 Å². The number of ether oxygens (including phenoxy) is 1. The topological polar surface area (TPSA) is 88.2 Å². The largest absolute Gasteiger partial charge is 0.460 e. The summed E-state index contributed by atoms with van der Waals surface area (Å²) in [6.07, 6.45) is 3.39. The van der Waals surface area contributed by atoms with Crippen LogP contribution in [0.25, 0.3) is 11.0 Å². The van der Waals surface area contributed by atoms with Gasteiger partial charge in [0.15, 0.2) is 0 Å². The fourth-order valence-corrected chi connectivity index (χ4v) is 4.80. The number of para-hydroxylation sites is 2. The molecule has 2 aromatic carbocycles. The molecule has 2 fully saturated rings. The number of fused-ring (bicyclic) bond motifs is 1. The summed E-state index contributed by atoms with van der Waals surface area (Å²) in [5.41, 5.74) is 2.20. The van der Waals surface area contributed by atoms with Crippen molar-refractivity contribution in [3.63, 3.8) is 0 Å². The number of nitriles is 1. The van der Waals surface area contributed by atoms with Crippen LogP contribution in [-0.2, 0) is 16.1 Å². The molecular formula is C24H22N4O3. The minimum absolute atomic E-state index is 0.153. The lowest BCUT2D eigenvalue weighted by Gasteiger charge is -2.36. The Kier molecular flexibility index (Phi) is 4.70. The third-order valence-corrected chi connectivity index (χ3v) is 6.54. The van der Waals surface area contributed by atoms with Crippen molar-refractivity contribution < 1.29 is 14.3 Å². The first-order valence-corrected chi connectivity index (χ1v) is 10.5. The number of aromatic nitrogens is 2. The van der Waals surface area contributed by atoms with Crippen molar-refractivity contribution in [2.75, 3.05) is 13.1 Å². The van der Waals surface area contributed by atoms with Crippen molar-refractivity contribution >= 4 is 22.9 Å². The van der Waals surface area contributed by atoms with Crippen molar-refractivity contribution in [3.8, 4) is 6.07 Å². The molecule has 1 amide bonds. The lowest BCUT2D eigenvalue weighted by atomic mass is 9.76. The number of nitrogens with zero attached hydrogens (tertiary/aromatic N) is 4. The van der Waals surface area contributed by atoms with Gasteiger partial charge in [0.1, 0.15) is 6.10 Å². The van der Waals surface area contributed by atoms with Crippen LogP contribution in [-0.4, -0.2) is 45.5 Å². The molecule has 2 saturated heterocycles. The Morgan fingerprint density at radius 2 is 1.90 bits per heavy atom. The van der Waals surface area contributed by atoms with E-state index in [4.69, 9.17) is 4.74 Å². The molecule has 5 rings (SSSR count). The first-order chi connectivity index (χ1) is 15.1. The number of esters is 1. The van der Waals surface area contributed by atoms with Gasteiger partial charge in [-0.2, -0.15) is 5.26 Å². The van der Waals surface area contributed by atoms with Gasteiger partial charge in [-0.3, -0.25) is 9.59 Å². The Morgan fingerprint density at radius 1 is 1.16 bits per heavy atom. The van der Waals surface area contributed by atoms with E-state index in [2.05, 4.69) is 11.1 Å². The van der Waals surface area contributed by atoms with Crippen LogP contribution in [0.15, 0.2) is 54.9 Å². The fraction of sp³-hybridized carbons (Fsp3) is 0.333. The molecule has 0 saturated carbocycles. The molecule has 31 heavy (non-hydrogen) atoms. The van der Waals surface area contributed by atoms with Crippen molar-refractivity contribution in [2.24, 2.45) is 5.41 Å². The van der Waals surface area contributed by atoms with Gasteiger partial charge in [-0.15, -0.1) is 0 Å². The highest BCUT2D eigenvalue weighted by atomic mass is 16.6. The van der Waals surface area contributed by atoms with Gasteiger partial charge in [0.2, 0.25) is 0 Å². The molecular weight excluding hydrogens is 392 g/mol. The normalized spacial score (nSPS) is 20.0.